The Bertz CT molecular complexity index is 1630. The Kier molecular flexibility index (Phi) is 7.35. The average Bonchev–Trinajstić information content (AvgIpc) is 3.25. The second-order valence-corrected chi connectivity index (χ2v) is 12.8. The van der Waals surface area contributed by atoms with E-state index in [0.717, 1.165) is 18.7 Å². The van der Waals surface area contributed by atoms with Crippen molar-refractivity contribution < 1.29 is 18.3 Å². The van der Waals surface area contributed by atoms with Crippen molar-refractivity contribution in [3.63, 3.8) is 0 Å². The summed E-state index contributed by atoms with van der Waals surface area (Å²) in [7, 11) is 0. The number of hydrogen-bond donors (Lipinski definition) is 2. The highest BCUT2D eigenvalue weighted by molar-refractivity contribution is 5.84. The topological polar surface area (TPSA) is 104 Å². The van der Waals surface area contributed by atoms with Crippen LogP contribution in [0.25, 0.3) is 22.2 Å². The van der Waals surface area contributed by atoms with E-state index in [0.29, 0.717) is 60.0 Å². The van der Waals surface area contributed by atoms with Gasteiger partial charge < -0.3 is 19.9 Å². The predicted molar refractivity (Wildman–Crippen MR) is 160 cm³/mol. The van der Waals surface area contributed by atoms with Gasteiger partial charge in [-0.1, -0.05) is 0 Å². The molecular weight excluding hydrogens is 554 g/mol. The Morgan fingerprint density at radius 2 is 1.98 bits per heavy atom. The Morgan fingerprint density at radius 1 is 1.23 bits per heavy atom. The number of alkyl halides is 1. The fourth-order valence-electron chi connectivity index (χ4n) is 5.54. The van der Waals surface area contributed by atoms with E-state index in [1.165, 1.54) is 6.07 Å². The first-order valence-electron chi connectivity index (χ1n) is 14.7. The predicted octanol–water partition coefficient (Wildman–Crippen LogP) is 6.07. The van der Waals surface area contributed by atoms with Gasteiger partial charge in [0.15, 0.2) is 0 Å². The number of amides is 1. The van der Waals surface area contributed by atoms with E-state index in [-0.39, 0.29) is 18.1 Å². The molecule has 3 unspecified atom stereocenters. The summed E-state index contributed by atoms with van der Waals surface area (Å²) in [5.41, 5.74) is 1.57. The highest BCUT2D eigenvalue weighted by Crippen LogP contribution is 2.47. The third kappa shape index (κ3) is 6.48. The van der Waals surface area contributed by atoms with Crippen molar-refractivity contribution in [2.45, 2.75) is 64.9 Å². The molecule has 1 saturated heterocycles. The van der Waals surface area contributed by atoms with Crippen LogP contribution in [0.5, 0.6) is 0 Å². The average molecular weight is 593 g/mol. The lowest BCUT2D eigenvalue weighted by Crippen LogP contribution is -2.50. The molecule has 2 fully saturated rings. The maximum atomic E-state index is 15.1. The van der Waals surface area contributed by atoms with Gasteiger partial charge in [0.2, 0.25) is 5.95 Å². The number of aromatic nitrogens is 5. The van der Waals surface area contributed by atoms with Crippen LogP contribution < -0.4 is 5.32 Å². The maximum absolute atomic E-state index is 15.1. The smallest absolute Gasteiger partial charge is 0.410 e. The first-order valence-corrected chi connectivity index (χ1v) is 14.7. The summed E-state index contributed by atoms with van der Waals surface area (Å²) in [6, 6.07) is 7.17. The van der Waals surface area contributed by atoms with Crippen molar-refractivity contribution in [2.75, 3.05) is 31.5 Å². The molecule has 0 radical (unpaired) electrons. The van der Waals surface area contributed by atoms with Crippen LogP contribution in [0.3, 0.4) is 0 Å². The molecule has 4 aromatic rings. The van der Waals surface area contributed by atoms with Crippen molar-refractivity contribution in [1.82, 2.24) is 34.5 Å². The van der Waals surface area contributed by atoms with Crippen molar-refractivity contribution in [2.24, 2.45) is 5.92 Å². The standard InChI is InChI=1S/C31H38F2N8O2/c1-19(39-8-10-40(11-9-39)29(42)43-30(2,3)4)20-6-7-34-27(12-20)38-28-36-25-13-23(24(32)14-26(25)37-28)21-16-35-41(17-21)18-22-15-31(22,5)33/h6-7,12-14,16-17,19,22H,8-11,15,18H2,1-5H3,(H2,34,36,37,38). The number of nitrogens with zero attached hydrogens (tertiary/aromatic N) is 6. The van der Waals surface area contributed by atoms with Gasteiger partial charge in [0, 0.05) is 74.3 Å². The number of benzene rings is 1. The van der Waals surface area contributed by atoms with Crippen LogP contribution in [0, 0.1) is 11.7 Å². The summed E-state index contributed by atoms with van der Waals surface area (Å²) in [6.45, 7) is 12.5. The lowest BCUT2D eigenvalue weighted by atomic mass is 10.1. The number of anilines is 2. The number of pyridine rings is 1. The van der Waals surface area contributed by atoms with E-state index >= 15 is 4.39 Å². The quantitative estimate of drug-likeness (QED) is 0.269. The minimum absolute atomic E-state index is 0.0583. The summed E-state index contributed by atoms with van der Waals surface area (Å²) in [4.78, 5) is 28.7. The van der Waals surface area contributed by atoms with Crippen LogP contribution in [0.1, 0.15) is 52.6 Å². The molecule has 3 atom stereocenters. The maximum Gasteiger partial charge on any atom is 0.410 e. The molecule has 0 bridgehead atoms. The van der Waals surface area contributed by atoms with Gasteiger partial charge >= 0.3 is 6.09 Å². The molecule has 43 heavy (non-hydrogen) atoms. The van der Waals surface area contributed by atoms with Crippen molar-refractivity contribution in [3.05, 3.63) is 54.2 Å². The number of aromatic amines is 1. The third-order valence-electron chi connectivity index (χ3n) is 8.29. The zero-order chi connectivity index (χ0) is 30.5. The largest absolute Gasteiger partial charge is 0.444 e. The Morgan fingerprint density at radius 3 is 2.67 bits per heavy atom. The van der Waals surface area contributed by atoms with Gasteiger partial charge in [-0.05, 0) is 64.8 Å². The van der Waals surface area contributed by atoms with Crippen molar-refractivity contribution in [3.8, 4) is 11.1 Å². The van der Waals surface area contributed by atoms with Gasteiger partial charge in [0.1, 0.15) is 22.9 Å². The van der Waals surface area contributed by atoms with Crippen LogP contribution in [0.4, 0.5) is 25.3 Å². The van der Waals surface area contributed by atoms with Gasteiger partial charge in [-0.15, -0.1) is 0 Å². The van der Waals surface area contributed by atoms with E-state index < -0.39 is 17.1 Å². The molecule has 1 amide bonds. The molecule has 1 aliphatic carbocycles. The molecule has 12 heteroatoms. The number of halogens is 2. The van der Waals surface area contributed by atoms with Crippen LogP contribution in [0.15, 0.2) is 42.9 Å². The van der Waals surface area contributed by atoms with Crippen LogP contribution >= 0.6 is 0 Å². The van der Waals surface area contributed by atoms with Crippen molar-refractivity contribution >= 4 is 28.9 Å². The van der Waals surface area contributed by atoms with Crippen LogP contribution in [-0.4, -0.2) is 78.1 Å². The second-order valence-electron chi connectivity index (χ2n) is 12.8. The van der Waals surface area contributed by atoms with E-state index in [2.05, 4.69) is 37.2 Å². The number of hydrogen-bond acceptors (Lipinski definition) is 7. The van der Waals surface area contributed by atoms with E-state index in [9.17, 15) is 9.18 Å². The zero-order valence-electron chi connectivity index (χ0n) is 25.2. The molecule has 2 N–H and O–H groups in total. The number of ether oxygens (including phenoxy) is 1. The van der Waals surface area contributed by atoms with Gasteiger partial charge in [0.25, 0.3) is 0 Å². The molecule has 1 aromatic carbocycles. The first kappa shape index (κ1) is 29.0. The van der Waals surface area contributed by atoms with E-state index in [4.69, 9.17) is 4.74 Å². The monoisotopic (exact) mass is 592 g/mol. The highest BCUT2D eigenvalue weighted by Gasteiger charge is 2.51. The van der Waals surface area contributed by atoms with Crippen LogP contribution in [0.2, 0.25) is 0 Å². The molecular formula is C31H38F2N8O2. The molecule has 1 saturated carbocycles. The SMILES string of the molecule is CC(c1ccnc(Nc2nc3cc(-c4cnn(CC5CC5(C)F)c4)c(F)cc3[nH]2)c1)N1CCN(C(=O)OC(C)(C)C)CC1. The molecule has 6 rings (SSSR count). The normalized spacial score (nSPS) is 21.7. The highest BCUT2D eigenvalue weighted by atomic mass is 19.1. The molecule has 3 aromatic heterocycles. The molecule has 0 spiro atoms. The number of carbonyl (C=O) groups is 1. The number of nitrogens with one attached hydrogen (secondary N) is 2. The molecule has 228 valence electrons. The van der Waals surface area contributed by atoms with E-state index in [1.807, 2.05) is 32.9 Å². The first-order chi connectivity index (χ1) is 20.3. The molecule has 4 heterocycles. The summed E-state index contributed by atoms with van der Waals surface area (Å²) < 4.78 is 36.2. The Labute approximate surface area is 249 Å². The molecule has 1 aliphatic heterocycles. The lowest BCUT2D eigenvalue weighted by molar-refractivity contribution is 0.0110. The number of carbonyl (C=O) groups excluding carboxylic acids is 1. The van der Waals surface area contributed by atoms with Gasteiger partial charge in [-0.25, -0.2) is 23.5 Å². The Hall–Kier alpha value is -4.06. The minimum Gasteiger partial charge on any atom is -0.444 e. The molecule has 2 aliphatic rings. The Balaban J connectivity index is 1.11. The fraction of sp³-hybridized carbons (Fsp3) is 0.484. The molecule has 10 nitrogen and oxygen atoms in total. The minimum atomic E-state index is -1.14. The summed E-state index contributed by atoms with van der Waals surface area (Å²) in [5.74, 6) is 0.598. The summed E-state index contributed by atoms with van der Waals surface area (Å²) in [6.07, 6.45) is 5.34. The van der Waals surface area contributed by atoms with Gasteiger partial charge in [-0.3, -0.25) is 9.58 Å². The van der Waals surface area contributed by atoms with Gasteiger partial charge in [-0.2, -0.15) is 5.10 Å². The number of H-pyrrole nitrogens is 1. The lowest BCUT2D eigenvalue weighted by Gasteiger charge is -2.38. The van der Waals surface area contributed by atoms with Crippen molar-refractivity contribution in [1.29, 1.82) is 0 Å². The van der Waals surface area contributed by atoms with E-state index in [1.54, 1.807) is 41.2 Å². The summed E-state index contributed by atoms with van der Waals surface area (Å²) in [5, 5.41) is 7.52. The second kappa shape index (κ2) is 10.9. The van der Waals surface area contributed by atoms with Gasteiger partial charge in [0.05, 0.1) is 17.2 Å². The fourth-order valence-corrected chi connectivity index (χ4v) is 5.54. The van der Waals surface area contributed by atoms with Crippen LogP contribution in [-0.2, 0) is 11.3 Å². The number of imidazole rings is 1. The number of fused-ring (bicyclic) bond motifs is 1. The zero-order valence-corrected chi connectivity index (χ0v) is 25.2. The summed E-state index contributed by atoms with van der Waals surface area (Å²) >= 11 is 0. The third-order valence-corrected chi connectivity index (χ3v) is 8.29. The number of piperazine rings is 1. The number of rotatable bonds is 7.